The minimum Gasteiger partial charge on any atom is -0.493 e. The highest BCUT2D eigenvalue weighted by Gasteiger charge is 2.23. The van der Waals surface area contributed by atoms with Crippen molar-refractivity contribution in [3.05, 3.63) is 74.3 Å². The zero-order chi connectivity index (χ0) is 21.8. The number of aromatic amines is 1. The van der Waals surface area contributed by atoms with Crippen LogP contribution >= 0.6 is 11.6 Å². The van der Waals surface area contributed by atoms with Crippen molar-refractivity contribution in [2.24, 2.45) is 0 Å². The third-order valence-corrected chi connectivity index (χ3v) is 4.71. The average Bonchev–Trinajstić information content (AvgIpc) is 2.73. The van der Waals surface area contributed by atoms with Gasteiger partial charge < -0.3 is 20.2 Å². The fraction of sp³-hybridized carbons (Fsp3) is 0.0952. The van der Waals surface area contributed by atoms with E-state index in [0.717, 1.165) is 0 Å². The number of methoxy groups -OCH3 is 1. The smallest absolute Gasteiger partial charge is 0.268 e. The molecule has 7 nitrogen and oxygen atoms in total. The van der Waals surface area contributed by atoms with Gasteiger partial charge >= 0.3 is 0 Å². The van der Waals surface area contributed by atoms with E-state index in [9.17, 15) is 19.7 Å². The number of nitrogens with two attached hydrogens (primary N) is 1. The average molecular weight is 425 g/mol. The van der Waals surface area contributed by atoms with Crippen LogP contribution in [0.3, 0.4) is 0 Å². The molecule has 0 spiro atoms. The third kappa shape index (κ3) is 3.64. The summed E-state index contributed by atoms with van der Waals surface area (Å²) in [4.78, 5) is 14.5. The fourth-order valence-electron chi connectivity index (χ4n) is 2.95. The molecule has 0 radical (unpaired) electrons. The van der Waals surface area contributed by atoms with Crippen molar-refractivity contribution in [3.8, 4) is 34.8 Å². The molecule has 0 saturated carbocycles. The first-order chi connectivity index (χ1) is 14.4. The van der Waals surface area contributed by atoms with Crippen LogP contribution in [0.4, 0.5) is 10.2 Å². The van der Waals surface area contributed by atoms with E-state index in [1.165, 1.54) is 31.4 Å². The maximum Gasteiger partial charge on any atom is 0.268 e. The van der Waals surface area contributed by atoms with Gasteiger partial charge in [-0.3, -0.25) is 4.79 Å². The molecule has 0 aliphatic rings. The molecule has 0 atom stereocenters. The summed E-state index contributed by atoms with van der Waals surface area (Å²) in [6.45, 7) is -0.263. The summed E-state index contributed by atoms with van der Waals surface area (Å²) in [7, 11) is 1.39. The lowest BCUT2D eigenvalue weighted by Gasteiger charge is -2.17. The van der Waals surface area contributed by atoms with Gasteiger partial charge in [0.2, 0.25) is 0 Å². The van der Waals surface area contributed by atoms with Crippen LogP contribution in [0.1, 0.15) is 16.7 Å². The molecule has 3 aromatic rings. The van der Waals surface area contributed by atoms with E-state index in [0.29, 0.717) is 0 Å². The quantitative estimate of drug-likeness (QED) is 0.642. The number of nitrogens with one attached hydrogen (secondary N) is 1. The number of aromatic nitrogens is 1. The monoisotopic (exact) mass is 424 g/mol. The number of para-hydroxylation sites is 1. The van der Waals surface area contributed by atoms with Gasteiger partial charge in [0.15, 0.2) is 11.5 Å². The molecule has 2 aromatic carbocycles. The number of nitrogens with zero attached hydrogens (tertiary/aromatic N) is 2. The van der Waals surface area contributed by atoms with Gasteiger partial charge in [0.25, 0.3) is 5.56 Å². The Labute approximate surface area is 175 Å². The van der Waals surface area contributed by atoms with Crippen molar-refractivity contribution in [1.29, 1.82) is 10.5 Å². The number of anilines is 1. The number of halogens is 2. The molecule has 9 heteroatoms. The van der Waals surface area contributed by atoms with Crippen molar-refractivity contribution < 1.29 is 13.9 Å². The first kappa shape index (κ1) is 20.7. The van der Waals surface area contributed by atoms with Crippen LogP contribution in [0.5, 0.6) is 11.5 Å². The Morgan fingerprint density at radius 3 is 2.50 bits per heavy atom. The number of H-pyrrole nitrogens is 1. The van der Waals surface area contributed by atoms with Crippen LogP contribution in [0.2, 0.25) is 5.02 Å². The van der Waals surface area contributed by atoms with Crippen LogP contribution in [-0.4, -0.2) is 12.1 Å². The molecule has 1 heterocycles. The number of nitriles is 2. The van der Waals surface area contributed by atoms with Gasteiger partial charge in [0, 0.05) is 16.7 Å². The van der Waals surface area contributed by atoms with Gasteiger partial charge in [-0.1, -0.05) is 29.8 Å². The standard InChI is InChI=1S/C21H14ClFN4O3/c1-29-17-7-2-4-11(18-12(8-24)20(26)27-21(28)13(18)9-25)19(17)30-10-14-15(22)5-3-6-16(14)23/h2-7H,10H2,1H3,(H3,26,27,28). The van der Waals surface area contributed by atoms with Crippen molar-refractivity contribution in [3.63, 3.8) is 0 Å². The SMILES string of the molecule is COc1cccc(-c2c(C#N)c(N)[nH]c(=O)c2C#N)c1OCc1c(F)cccc1Cl. The number of rotatable bonds is 5. The molecule has 0 fully saturated rings. The predicted molar refractivity (Wildman–Crippen MR) is 109 cm³/mol. The number of ether oxygens (including phenoxy) is 2. The van der Waals surface area contributed by atoms with Gasteiger partial charge in [-0.15, -0.1) is 0 Å². The lowest BCUT2D eigenvalue weighted by Crippen LogP contribution is -2.16. The normalized spacial score (nSPS) is 10.2. The van der Waals surface area contributed by atoms with E-state index in [1.807, 2.05) is 6.07 Å². The molecule has 3 N–H and O–H groups in total. The van der Waals surface area contributed by atoms with Crippen LogP contribution in [-0.2, 0) is 6.61 Å². The molecule has 0 amide bonds. The highest BCUT2D eigenvalue weighted by molar-refractivity contribution is 6.31. The number of nitrogen functional groups attached to an aromatic ring is 1. The van der Waals surface area contributed by atoms with E-state index in [1.54, 1.807) is 18.2 Å². The number of hydrogen-bond acceptors (Lipinski definition) is 6. The second-order valence-corrected chi connectivity index (χ2v) is 6.45. The zero-order valence-electron chi connectivity index (χ0n) is 15.6. The number of benzene rings is 2. The lowest BCUT2D eigenvalue weighted by atomic mass is 9.95. The minimum absolute atomic E-state index is 0.00483. The first-order valence-electron chi connectivity index (χ1n) is 8.51. The van der Waals surface area contributed by atoms with E-state index >= 15 is 0 Å². The van der Waals surface area contributed by atoms with E-state index < -0.39 is 11.4 Å². The summed E-state index contributed by atoms with van der Waals surface area (Å²) < 4.78 is 25.3. The fourth-order valence-corrected chi connectivity index (χ4v) is 3.17. The van der Waals surface area contributed by atoms with Crippen LogP contribution in [0.25, 0.3) is 11.1 Å². The van der Waals surface area contributed by atoms with Gasteiger partial charge in [-0.05, 0) is 18.2 Å². The molecular formula is C21H14ClFN4O3. The van der Waals surface area contributed by atoms with Gasteiger partial charge in [0.05, 0.1) is 12.1 Å². The summed E-state index contributed by atoms with van der Waals surface area (Å²) in [5.74, 6) is -0.416. The van der Waals surface area contributed by atoms with Crippen molar-refractivity contribution >= 4 is 17.4 Å². The van der Waals surface area contributed by atoms with Gasteiger partial charge in [-0.2, -0.15) is 10.5 Å². The van der Waals surface area contributed by atoms with Gasteiger partial charge in [-0.25, -0.2) is 4.39 Å². The third-order valence-electron chi connectivity index (χ3n) is 4.36. The summed E-state index contributed by atoms with van der Waals surface area (Å²) in [6, 6.07) is 12.6. The first-order valence-corrected chi connectivity index (χ1v) is 8.89. The topological polar surface area (TPSA) is 125 Å². The molecule has 3 rings (SSSR count). The Morgan fingerprint density at radius 2 is 1.87 bits per heavy atom. The maximum absolute atomic E-state index is 14.2. The van der Waals surface area contributed by atoms with Crippen molar-refractivity contribution in [2.75, 3.05) is 12.8 Å². The van der Waals surface area contributed by atoms with Crippen LogP contribution < -0.4 is 20.8 Å². The molecule has 0 unspecified atom stereocenters. The van der Waals surface area contributed by atoms with E-state index in [4.69, 9.17) is 26.8 Å². The largest absolute Gasteiger partial charge is 0.493 e. The number of pyridine rings is 1. The summed E-state index contributed by atoms with van der Waals surface area (Å²) in [5.41, 5.74) is 4.94. The molecule has 0 aliphatic heterocycles. The van der Waals surface area contributed by atoms with E-state index in [2.05, 4.69) is 4.98 Å². The molecule has 0 bridgehead atoms. The Bertz CT molecular complexity index is 1250. The maximum atomic E-state index is 14.2. The molecule has 1 aromatic heterocycles. The molecule has 0 saturated heterocycles. The van der Waals surface area contributed by atoms with E-state index in [-0.39, 0.29) is 56.8 Å². The van der Waals surface area contributed by atoms with Gasteiger partial charge in [0.1, 0.15) is 41.5 Å². The van der Waals surface area contributed by atoms with Crippen molar-refractivity contribution in [1.82, 2.24) is 4.98 Å². The predicted octanol–water partition coefficient (Wildman–Crippen LogP) is 3.75. The highest BCUT2D eigenvalue weighted by Crippen LogP contribution is 2.41. The second kappa shape index (κ2) is 8.56. The zero-order valence-corrected chi connectivity index (χ0v) is 16.4. The van der Waals surface area contributed by atoms with Crippen LogP contribution in [0.15, 0.2) is 41.2 Å². The second-order valence-electron chi connectivity index (χ2n) is 6.04. The van der Waals surface area contributed by atoms with Crippen LogP contribution in [0, 0.1) is 28.5 Å². The Balaban J connectivity index is 2.24. The molecule has 150 valence electrons. The Morgan fingerprint density at radius 1 is 1.17 bits per heavy atom. The summed E-state index contributed by atoms with van der Waals surface area (Å²) in [6.07, 6.45) is 0. The Hall–Kier alpha value is -4.01. The summed E-state index contributed by atoms with van der Waals surface area (Å²) in [5, 5.41) is 19.2. The number of hydrogen-bond donors (Lipinski definition) is 2. The summed E-state index contributed by atoms with van der Waals surface area (Å²) >= 11 is 6.06. The molecular weight excluding hydrogens is 411 g/mol. The van der Waals surface area contributed by atoms with Crippen molar-refractivity contribution in [2.45, 2.75) is 6.61 Å². The highest BCUT2D eigenvalue weighted by atomic mass is 35.5. The molecule has 30 heavy (non-hydrogen) atoms. The Kier molecular flexibility index (Phi) is 5.91. The lowest BCUT2D eigenvalue weighted by molar-refractivity contribution is 0.281. The minimum atomic E-state index is -0.755. The molecule has 0 aliphatic carbocycles.